The van der Waals surface area contributed by atoms with Gasteiger partial charge in [0.15, 0.2) is 11.5 Å². The smallest absolute Gasteiger partial charge is 0.201 e. The molecular formula is C18H22O3. The Bertz CT molecular complexity index is 588. The van der Waals surface area contributed by atoms with Crippen LogP contribution in [0.5, 0.6) is 23.0 Å². The van der Waals surface area contributed by atoms with E-state index in [4.69, 9.17) is 4.74 Å². The molecule has 0 heterocycles. The quantitative estimate of drug-likeness (QED) is 0.750. The molecule has 0 saturated carbocycles. The van der Waals surface area contributed by atoms with Crippen LogP contribution in [0, 0.1) is 0 Å². The lowest BCUT2D eigenvalue weighted by Gasteiger charge is -2.11. The second-order valence-corrected chi connectivity index (χ2v) is 5.21. The van der Waals surface area contributed by atoms with Crippen LogP contribution in [0.4, 0.5) is 0 Å². The highest BCUT2D eigenvalue weighted by Crippen LogP contribution is 2.39. The van der Waals surface area contributed by atoms with Crippen molar-refractivity contribution in [2.24, 2.45) is 0 Å². The van der Waals surface area contributed by atoms with Crippen LogP contribution in [0.25, 0.3) is 0 Å². The minimum atomic E-state index is -0.215. The number of hydrogen-bond donors (Lipinski definition) is 2. The molecule has 2 aromatic rings. The Labute approximate surface area is 125 Å². The van der Waals surface area contributed by atoms with E-state index in [1.807, 2.05) is 24.3 Å². The first-order valence-corrected chi connectivity index (χ1v) is 7.45. The molecule has 0 spiro atoms. The molecular weight excluding hydrogens is 264 g/mol. The number of rotatable bonds is 6. The Morgan fingerprint density at radius 3 is 2.10 bits per heavy atom. The number of benzene rings is 2. The zero-order chi connectivity index (χ0) is 15.2. The summed E-state index contributed by atoms with van der Waals surface area (Å²) < 4.78 is 5.70. The summed E-state index contributed by atoms with van der Waals surface area (Å²) in [5, 5.41) is 19.7. The Morgan fingerprint density at radius 2 is 1.48 bits per heavy atom. The Kier molecular flexibility index (Phi) is 5.09. The van der Waals surface area contributed by atoms with Crippen molar-refractivity contribution in [2.45, 2.75) is 39.5 Å². The number of phenolic OH excluding ortho intramolecular Hbond substituents is 2. The van der Waals surface area contributed by atoms with Gasteiger partial charge < -0.3 is 14.9 Å². The van der Waals surface area contributed by atoms with Gasteiger partial charge in [0, 0.05) is 0 Å². The van der Waals surface area contributed by atoms with E-state index in [2.05, 4.69) is 13.8 Å². The molecule has 21 heavy (non-hydrogen) atoms. The monoisotopic (exact) mass is 286 g/mol. The molecule has 112 valence electrons. The highest BCUT2D eigenvalue weighted by atomic mass is 16.5. The summed E-state index contributed by atoms with van der Waals surface area (Å²) in [5.74, 6) is 0.589. The number of phenols is 2. The maximum absolute atomic E-state index is 9.92. The molecule has 0 amide bonds. The summed E-state index contributed by atoms with van der Waals surface area (Å²) in [5.41, 5.74) is 2.21. The molecule has 0 aromatic heterocycles. The molecule has 2 aromatic carbocycles. The van der Waals surface area contributed by atoms with Crippen molar-refractivity contribution in [2.75, 3.05) is 0 Å². The molecule has 0 aliphatic rings. The molecule has 3 heteroatoms. The lowest BCUT2D eigenvalue weighted by Crippen LogP contribution is -1.90. The van der Waals surface area contributed by atoms with E-state index in [1.165, 1.54) is 5.56 Å². The Morgan fingerprint density at radius 1 is 0.857 bits per heavy atom. The summed E-state index contributed by atoms with van der Waals surface area (Å²) in [6, 6.07) is 11.2. The molecule has 0 unspecified atom stereocenters. The van der Waals surface area contributed by atoms with Crippen molar-refractivity contribution in [3.05, 3.63) is 47.5 Å². The lowest BCUT2D eigenvalue weighted by molar-refractivity contribution is 0.372. The molecule has 0 atom stereocenters. The largest absolute Gasteiger partial charge is 0.504 e. The fourth-order valence-corrected chi connectivity index (χ4v) is 2.30. The maximum atomic E-state index is 9.92. The number of aryl methyl sites for hydroxylation is 2. The maximum Gasteiger partial charge on any atom is 0.201 e. The lowest BCUT2D eigenvalue weighted by atomic mass is 10.1. The average molecular weight is 286 g/mol. The highest BCUT2D eigenvalue weighted by Gasteiger charge is 2.11. The van der Waals surface area contributed by atoms with Crippen molar-refractivity contribution >= 4 is 0 Å². The van der Waals surface area contributed by atoms with Gasteiger partial charge in [0.25, 0.3) is 0 Å². The number of aromatic hydroxyl groups is 2. The standard InChI is InChI=1S/C18H22O3/c1-3-5-13-7-9-15(10-8-13)21-17-12-14(6-4-2)11-16(19)18(17)20/h7-12,19-20H,3-6H2,1-2H3. The second kappa shape index (κ2) is 7.02. The molecule has 0 aliphatic heterocycles. The van der Waals surface area contributed by atoms with Crippen LogP contribution in [0.3, 0.4) is 0 Å². The first kappa shape index (κ1) is 15.2. The first-order chi connectivity index (χ1) is 10.1. The van der Waals surface area contributed by atoms with E-state index in [1.54, 1.807) is 12.1 Å². The van der Waals surface area contributed by atoms with E-state index >= 15 is 0 Å². The van der Waals surface area contributed by atoms with Crippen molar-refractivity contribution < 1.29 is 14.9 Å². The normalized spacial score (nSPS) is 10.6. The van der Waals surface area contributed by atoms with Gasteiger partial charge in [-0.3, -0.25) is 0 Å². The van der Waals surface area contributed by atoms with Gasteiger partial charge in [-0.1, -0.05) is 38.8 Å². The van der Waals surface area contributed by atoms with Crippen molar-refractivity contribution in [3.63, 3.8) is 0 Å². The SMILES string of the molecule is CCCc1ccc(Oc2cc(CCC)cc(O)c2O)cc1. The van der Waals surface area contributed by atoms with Gasteiger partial charge in [-0.15, -0.1) is 0 Å². The van der Waals surface area contributed by atoms with E-state index in [0.29, 0.717) is 11.5 Å². The van der Waals surface area contributed by atoms with Crippen molar-refractivity contribution in [1.82, 2.24) is 0 Å². The summed E-state index contributed by atoms with van der Waals surface area (Å²) in [7, 11) is 0. The van der Waals surface area contributed by atoms with E-state index in [9.17, 15) is 10.2 Å². The van der Waals surface area contributed by atoms with Crippen LogP contribution < -0.4 is 4.74 Å². The summed E-state index contributed by atoms with van der Waals surface area (Å²) in [6.07, 6.45) is 3.95. The molecule has 0 aliphatic carbocycles. The summed E-state index contributed by atoms with van der Waals surface area (Å²) in [6.45, 7) is 4.21. The summed E-state index contributed by atoms with van der Waals surface area (Å²) in [4.78, 5) is 0. The average Bonchev–Trinajstić information content (AvgIpc) is 2.47. The van der Waals surface area contributed by atoms with Gasteiger partial charge in [-0.2, -0.15) is 0 Å². The third kappa shape index (κ3) is 3.91. The van der Waals surface area contributed by atoms with Gasteiger partial charge >= 0.3 is 0 Å². The van der Waals surface area contributed by atoms with E-state index in [-0.39, 0.29) is 11.5 Å². The molecule has 2 N–H and O–H groups in total. The van der Waals surface area contributed by atoms with Gasteiger partial charge in [-0.05, 0) is 48.2 Å². The van der Waals surface area contributed by atoms with Crippen LogP contribution in [0.2, 0.25) is 0 Å². The molecule has 2 rings (SSSR count). The Balaban J connectivity index is 2.21. The van der Waals surface area contributed by atoms with Gasteiger partial charge in [0.1, 0.15) is 5.75 Å². The highest BCUT2D eigenvalue weighted by molar-refractivity contribution is 5.53. The minimum Gasteiger partial charge on any atom is -0.504 e. The molecule has 0 radical (unpaired) electrons. The first-order valence-electron chi connectivity index (χ1n) is 7.45. The van der Waals surface area contributed by atoms with Crippen molar-refractivity contribution in [1.29, 1.82) is 0 Å². The van der Waals surface area contributed by atoms with Crippen LogP contribution in [0.15, 0.2) is 36.4 Å². The number of hydrogen-bond acceptors (Lipinski definition) is 3. The van der Waals surface area contributed by atoms with Crippen LogP contribution >= 0.6 is 0 Å². The minimum absolute atomic E-state index is 0.140. The zero-order valence-corrected chi connectivity index (χ0v) is 12.6. The molecule has 3 nitrogen and oxygen atoms in total. The second-order valence-electron chi connectivity index (χ2n) is 5.21. The van der Waals surface area contributed by atoms with Crippen molar-refractivity contribution in [3.8, 4) is 23.0 Å². The van der Waals surface area contributed by atoms with Crippen LogP contribution in [-0.4, -0.2) is 10.2 Å². The predicted octanol–water partition coefficient (Wildman–Crippen LogP) is 4.80. The van der Waals surface area contributed by atoms with Gasteiger partial charge in [0.05, 0.1) is 0 Å². The van der Waals surface area contributed by atoms with Gasteiger partial charge in [-0.25, -0.2) is 0 Å². The van der Waals surface area contributed by atoms with Crippen LogP contribution in [-0.2, 0) is 12.8 Å². The third-order valence-electron chi connectivity index (χ3n) is 3.34. The zero-order valence-electron chi connectivity index (χ0n) is 12.6. The fraction of sp³-hybridized carbons (Fsp3) is 0.333. The number of ether oxygens (including phenoxy) is 1. The fourth-order valence-electron chi connectivity index (χ4n) is 2.30. The van der Waals surface area contributed by atoms with Crippen LogP contribution in [0.1, 0.15) is 37.8 Å². The molecule has 0 saturated heterocycles. The van der Waals surface area contributed by atoms with E-state index in [0.717, 1.165) is 31.2 Å². The third-order valence-corrected chi connectivity index (χ3v) is 3.34. The topological polar surface area (TPSA) is 49.7 Å². The Hall–Kier alpha value is -2.16. The summed E-state index contributed by atoms with van der Waals surface area (Å²) >= 11 is 0. The molecule has 0 bridgehead atoms. The molecule has 0 fully saturated rings. The van der Waals surface area contributed by atoms with Gasteiger partial charge in [0.2, 0.25) is 5.75 Å². The predicted molar refractivity (Wildman–Crippen MR) is 84.3 cm³/mol. The van der Waals surface area contributed by atoms with E-state index < -0.39 is 0 Å².